The van der Waals surface area contributed by atoms with Crippen LogP contribution in [0.5, 0.6) is 0 Å². The number of carbonyl (C=O) groups is 1. The van der Waals surface area contributed by atoms with Crippen molar-refractivity contribution >= 4 is 17.3 Å². The van der Waals surface area contributed by atoms with Crippen molar-refractivity contribution in [3.05, 3.63) is 95.1 Å². The van der Waals surface area contributed by atoms with Crippen LogP contribution in [0.3, 0.4) is 0 Å². The topological polar surface area (TPSA) is 102 Å². The summed E-state index contributed by atoms with van der Waals surface area (Å²) in [6.07, 6.45) is 6.72. The number of rotatable bonds is 12. The molecule has 2 aliphatic rings. The van der Waals surface area contributed by atoms with Crippen LogP contribution in [0.1, 0.15) is 59.6 Å². The third-order valence-electron chi connectivity index (χ3n) is 7.56. The summed E-state index contributed by atoms with van der Waals surface area (Å²) in [7, 11) is 0. The Kier molecular flexibility index (Phi) is 9.08. The Bertz CT molecular complexity index is 1340. The molecule has 1 aromatic heterocycles. The molecule has 3 unspecified atom stereocenters. The van der Waals surface area contributed by atoms with Gasteiger partial charge in [0.2, 0.25) is 0 Å². The number of halogens is 2. The quantitative estimate of drug-likeness (QED) is 0.217. The molecule has 0 bridgehead atoms. The summed E-state index contributed by atoms with van der Waals surface area (Å²) in [6, 6.07) is 9.93. The van der Waals surface area contributed by atoms with Gasteiger partial charge < -0.3 is 35.7 Å². The van der Waals surface area contributed by atoms with Gasteiger partial charge in [0.15, 0.2) is 6.23 Å². The third-order valence-corrected chi connectivity index (χ3v) is 7.56. The number of aromatic amines is 1. The zero-order valence-electron chi connectivity index (χ0n) is 23.1. The fourth-order valence-corrected chi connectivity index (χ4v) is 5.44. The SMILES string of the molecule is CCCCN1CCNc2c(C3NC=CO3)cc(C(=O)NC(Cc3cc(F)cc(F)c3)C(O)CCc3ccc[nH]3)cc21. The molecule has 3 heterocycles. The molecular weight excluding hydrogens is 528 g/mol. The van der Waals surface area contributed by atoms with Crippen LogP contribution >= 0.6 is 0 Å². The Labute approximate surface area is 238 Å². The summed E-state index contributed by atoms with van der Waals surface area (Å²) in [6.45, 7) is 4.58. The number of aromatic nitrogens is 1. The van der Waals surface area contributed by atoms with Gasteiger partial charge in [0.25, 0.3) is 5.91 Å². The van der Waals surface area contributed by atoms with Gasteiger partial charge >= 0.3 is 0 Å². The number of aliphatic hydroxyl groups is 1. The number of carbonyl (C=O) groups excluding carboxylic acids is 1. The molecule has 3 aromatic rings. The van der Waals surface area contributed by atoms with Crippen molar-refractivity contribution in [2.75, 3.05) is 29.9 Å². The van der Waals surface area contributed by atoms with Gasteiger partial charge in [0.05, 0.1) is 23.5 Å². The molecule has 0 spiro atoms. The molecule has 10 heteroatoms. The molecule has 0 fully saturated rings. The highest BCUT2D eigenvalue weighted by Gasteiger charge is 2.29. The van der Waals surface area contributed by atoms with Gasteiger partial charge in [-0.3, -0.25) is 4.79 Å². The van der Waals surface area contributed by atoms with E-state index in [4.69, 9.17) is 4.74 Å². The zero-order chi connectivity index (χ0) is 28.8. The lowest BCUT2D eigenvalue weighted by Crippen LogP contribution is -2.45. The number of nitrogens with zero attached hydrogens (tertiary/aromatic N) is 1. The van der Waals surface area contributed by atoms with Gasteiger partial charge in [-0.1, -0.05) is 13.3 Å². The van der Waals surface area contributed by atoms with Crippen LogP contribution in [0.4, 0.5) is 20.2 Å². The van der Waals surface area contributed by atoms with Gasteiger partial charge in [-0.25, -0.2) is 8.78 Å². The number of amides is 1. The van der Waals surface area contributed by atoms with Crippen LogP contribution in [-0.2, 0) is 17.6 Å². The summed E-state index contributed by atoms with van der Waals surface area (Å²) < 4.78 is 33.7. The van der Waals surface area contributed by atoms with E-state index in [-0.39, 0.29) is 12.3 Å². The molecule has 1 amide bonds. The summed E-state index contributed by atoms with van der Waals surface area (Å²) >= 11 is 0. The van der Waals surface area contributed by atoms with E-state index in [1.807, 2.05) is 18.2 Å². The number of unbranched alkanes of at least 4 members (excludes halogenated alkanes) is 1. The van der Waals surface area contributed by atoms with Gasteiger partial charge in [-0.05, 0) is 67.6 Å². The molecule has 8 nitrogen and oxygen atoms in total. The van der Waals surface area contributed by atoms with E-state index in [0.717, 1.165) is 61.2 Å². The molecule has 3 atom stereocenters. The van der Waals surface area contributed by atoms with E-state index in [1.54, 1.807) is 24.7 Å². The lowest BCUT2D eigenvalue weighted by atomic mass is 9.96. The van der Waals surface area contributed by atoms with E-state index in [1.165, 1.54) is 12.1 Å². The van der Waals surface area contributed by atoms with Crippen LogP contribution in [0.15, 0.2) is 61.1 Å². The molecule has 2 aromatic carbocycles. The van der Waals surface area contributed by atoms with Crippen molar-refractivity contribution in [2.45, 2.75) is 57.4 Å². The summed E-state index contributed by atoms with van der Waals surface area (Å²) in [5, 5.41) is 20.8. The smallest absolute Gasteiger partial charge is 0.251 e. The Balaban J connectivity index is 1.43. The van der Waals surface area contributed by atoms with Gasteiger partial charge in [-0.15, -0.1) is 0 Å². The van der Waals surface area contributed by atoms with Crippen LogP contribution in [0, 0.1) is 11.6 Å². The Morgan fingerprint density at radius 1 is 1.22 bits per heavy atom. The number of benzene rings is 2. The minimum atomic E-state index is -0.961. The number of hydrogen-bond donors (Lipinski definition) is 5. The van der Waals surface area contributed by atoms with Crippen molar-refractivity contribution in [3.8, 4) is 0 Å². The van der Waals surface area contributed by atoms with E-state index in [2.05, 4.69) is 32.8 Å². The Morgan fingerprint density at radius 3 is 2.76 bits per heavy atom. The number of ether oxygens (including phenoxy) is 1. The number of fused-ring (bicyclic) bond motifs is 1. The van der Waals surface area contributed by atoms with Gasteiger partial charge in [-0.2, -0.15) is 0 Å². The first-order valence-corrected chi connectivity index (χ1v) is 14.2. The van der Waals surface area contributed by atoms with Crippen molar-refractivity contribution in [1.82, 2.24) is 15.6 Å². The highest BCUT2D eigenvalue weighted by Crippen LogP contribution is 2.38. The number of aryl methyl sites for hydroxylation is 1. The standard InChI is InChI=1S/C31H37F2N5O3/c1-2-3-11-38-12-9-35-29-25(31-36-10-13-41-31)17-21(18-27(29)38)30(40)37-26(16-20-14-22(32)19-23(33)15-20)28(39)7-6-24-5-4-8-34-24/h4-5,8,10,13-15,17-19,26,28,31,34-36,39H,2-3,6-7,9,11-12,16H2,1H3,(H,37,40). The van der Waals surface area contributed by atoms with Crippen molar-refractivity contribution in [3.63, 3.8) is 0 Å². The zero-order valence-corrected chi connectivity index (χ0v) is 23.1. The largest absolute Gasteiger partial charge is 0.473 e. The first-order chi connectivity index (χ1) is 19.9. The van der Waals surface area contributed by atoms with Crippen molar-refractivity contribution in [1.29, 1.82) is 0 Å². The fourth-order valence-electron chi connectivity index (χ4n) is 5.44. The lowest BCUT2D eigenvalue weighted by Gasteiger charge is -2.35. The number of aliphatic hydroxyl groups excluding tert-OH is 1. The normalized spacial score (nSPS) is 17.3. The van der Waals surface area contributed by atoms with Crippen LogP contribution in [-0.4, -0.2) is 47.8 Å². The second-order valence-corrected chi connectivity index (χ2v) is 10.6. The molecule has 0 aliphatic carbocycles. The van der Waals surface area contributed by atoms with E-state index >= 15 is 0 Å². The minimum absolute atomic E-state index is 0.0610. The van der Waals surface area contributed by atoms with Crippen molar-refractivity contribution in [2.24, 2.45) is 0 Å². The fraction of sp³-hybridized carbons (Fsp3) is 0.387. The molecule has 218 valence electrons. The highest BCUT2D eigenvalue weighted by molar-refractivity contribution is 5.97. The average molecular weight is 566 g/mol. The highest BCUT2D eigenvalue weighted by atomic mass is 19.1. The first kappa shape index (κ1) is 28.5. The number of H-pyrrole nitrogens is 1. The first-order valence-electron chi connectivity index (χ1n) is 14.2. The second-order valence-electron chi connectivity index (χ2n) is 10.6. The van der Waals surface area contributed by atoms with Crippen LogP contribution < -0.4 is 20.9 Å². The maximum atomic E-state index is 14.0. The maximum Gasteiger partial charge on any atom is 0.251 e. The molecule has 5 rings (SSSR count). The predicted octanol–water partition coefficient (Wildman–Crippen LogP) is 4.75. The number of nitrogens with one attached hydrogen (secondary N) is 4. The average Bonchev–Trinajstić information content (AvgIpc) is 3.68. The van der Waals surface area contributed by atoms with Gasteiger partial charge in [0.1, 0.15) is 17.9 Å². The molecule has 2 aliphatic heterocycles. The summed E-state index contributed by atoms with van der Waals surface area (Å²) in [4.78, 5) is 19.2. The summed E-state index contributed by atoms with van der Waals surface area (Å²) in [5.41, 5.74) is 4.34. The maximum absolute atomic E-state index is 14.0. The van der Waals surface area contributed by atoms with Gasteiger partial charge in [0, 0.05) is 54.9 Å². The molecule has 5 N–H and O–H groups in total. The van der Waals surface area contributed by atoms with Crippen molar-refractivity contribution < 1.29 is 23.4 Å². The second kappa shape index (κ2) is 13.1. The molecule has 0 radical (unpaired) electrons. The number of anilines is 2. The molecular formula is C31H37F2N5O3. The molecule has 0 saturated heterocycles. The lowest BCUT2D eigenvalue weighted by molar-refractivity contribution is 0.0814. The van der Waals surface area contributed by atoms with Crippen LogP contribution in [0.2, 0.25) is 0 Å². The minimum Gasteiger partial charge on any atom is -0.473 e. The third kappa shape index (κ3) is 7.00. The van der Waals surface area contributed by atoms with E-state index in [9.17, 15) is 18.7 Å². The monoisotopic (exact) mass is 565 g/mol. The molecule has 0 saturated carbocycles. The molecule has 41 heavy (non-hydrogen) atoms. The number of hydrogen-bond acceptors (Lipinski definition) is 6. The van der Waals surface area contributed by atoms with E-state index in [0.29, 0.717) is 24.0 Å². The predicted molar refractivity (Wildman–Crippen MR) is 155 cm³/mol. The summed E-state index contributed by atoms with van der Waals surface area (Å²) in [5.74, 6) is -1.80. The van der Waals surface area contributed by atoms with E-state index < -0.39 is 30.0 Å². The Hall–Kier alpha value is -4.05. The van der Waals surface area contributed by atoms with Crippen LogP contribution in [0.25, 0.3) is 0 Å². The Morgan fingerprint density at radius 2 is 2.05 bits per heavy atom.